The highest BCUT2D eigenvalue weighted by Gasteiger charge is 2.56. The molecule has 2 unspecified atom stereocenters. The molecule has 0 saturated carbocycles. The molecule has 0 spiro atoms. The first-order chi connectivity index (χ1) is 6.62. The van der Waals surface area contributed by atoms with Crippen molar-refractivity contribution in [3.63, 3.8) is 0 Å². The minimum absolute atomic E-state index is 0.246. The molecule has 15 heavy (non-hydrogen) atoms. The van der Waals surface area contributed by atoms with Crippen molar-refractivity contribution in [2.75, 3.05) is 21.1 Å². The molecule has 6 nitrogen and oxygen atoms in total. The topological polar surface area (TPSA) is 103 Å². The van der Waals surface area contributed by atoms with Gasteiger partial charge in [0, 0.05) is 0 Å². The van der Waals surface area contributed by atoms with Crippen molar-refractivity contribution in [3.8, 4) is 0 Å². The molecule has 0 aromatic rings. The minimum atomic E-state index is -2.12. The second kappa shape index (κ2) is 4.16. The van der Waals surface area contributed by atoms with E-state index in [0.29, 0.717) is 0 Å². The summed E-state index contributed by atoms with van der Waals surface area (Å²) in [6.45, 7) is 1.64. The maximum absolute atomic E-state index is 11.2. The van der Waals surface area contributed by atoms with E-state index in [2.05, 4.69) is 0 Å². The lowest BCUT2D eigenvalue weighted by Gasteiger charge is -2.46. The molecule has 0 rings (SSSR count). The average molecular weight is 218 g/mol. The summed E-state index contributed by atoms with van der Waals surface area (Å²) in [5.74, 6) is -3.12. The van der Waals surface area contributed by atoms with Crippen LogP contribution >= 0.6 is 0 Å². The molecule has 0 fully saturated rings. The first kappa shape index (κ1) is 13.9. The third-order valence-electron chi connectivity index (χ3n) is 2.67. The Balaban J connectivity index is 5.71. The number of rotatable bonds is 5. The molecule has 0 aromatic heterocycles. The maximum atomic E-state index is 11.2. The number of carbonyl (C=O) groups is 2. The van der Waals surface area contributed by atoms with Crippen LogP contribution in [-0.2, 0) is 9.59 Å². The lowest BCUT2D eigenvalue weighted by Crippen LogP contribution is -2.77. The van der Waals surface area contributed by atoms with Crippen LogP contribution in [0.3, 0.4) is 0 Å². The van der Waals surface area contributed by atoms with Gasteiger partial charge in [-0.1, -0.05) is 6.92 Å². The van der Waals surface area contributed by atoms with Gasteiger partial charge >= 0.3 is 5.97 Å². The van der Waals surface area contributed by atoms with Crippen LogP contribution in [0.1, 0.15) is 13.3 Å². The summed E-state index contributed by atoms with van der Waals surface area (Å²) in [4.78, 5) is 22.3. The normalized spacial score (nSPS) is 17.9. The third-order valence-corrected chi connectivity index (χ3v) is 2.67. The first-order valence-corrected chi connectivity index (χ1v) is 4.64. The summed E-state index contributed by atoms with van der Waals surface area (Å²) in [6.07, 6.45) is 0.246. The Morgan fingerprint density at radius 3 is 1.93 bits per heavy atom. The van der Waals surface area contributed by atoms with E-state index < -0.39 is 23.5 Å². The number of aliphatic carboxylic acids is 2. The summed E-state index contributed by atoms with van der Waals surface area (Å²) in [7, 11) is 4.42. The van der Waals surface area contributed by atoms with Crippen LogP contribution in [0.5, 0.6) is 0 Å². The fraction of sp³-hybridized carbons (Fsp3) is 0.778. The molecule has 0 saturated heterocycles. The smallest absolute Gasteiger partial charge is 0.373 e. The monoisotopic (exact) mass is 218 g/mol. The molecular weight excluding hydrogens is 200 g/mol. The van der Waals surface area contributed by atoms with Crippen LogP contribution in [0.15, 0.2) is 0 Å². The van der Waals surface area contributed by atoms with Gasteiger partial charge in [0.05, 0.1) is 27.2 Å². The van der Waals surface area contributed by atoms with Crippen molar-refractivity contribution in [2.45, 2.75) is 24.9 Å². The van der Waals surface area contributed by atoms with E-state index >= 15 is 0 Å². The fourth-order valence-corrected chi connectivity index (χ4v) is 1.75. The second-order valence-corrected chi connectivity index (χ2v) is 4.39. The molecule has 6 heteroatoms. The maximum Gasteiger partial charge on any atom is 0.373 e. The zero-order chi connectivity index (χ0) is 12.4. The molecule has 0 aliphatic rings. The zero-order valence-electron chi connectivity index (χ0n) is 9.48. The second-order valence-electron chi connectivity index (χ2n) is 4.39. The third kappa shape index (κ3) is 1.95. The molecule has 0 radical (unpaired) electrons. The van der Waals surface area contributed by atoms with Crippen LogP contribution in [0.4, 0.5) is 0 Å². The molecule has 0 aromatic carbocycles. The Morgan fingerprint density at radius 1 is 1.47 bits per heavy atom. The van der Waals surface area contributed by atoms with Gasteiger partial charge in [-0.25, -0.2) is 4.79 Å². The number of likely N-dealkylation sites (N-methyl/N-ethyl adjacent to an activating group) is 1. The molecule has 0 amide bonds. The van der Waals surface area contributed by atoms with Crippen molar-refractivity contribution in [1.29, 1.82) is 0 Å². The zero-order valence-corrected chi connectivity index (χ0v) is 9.48. The number of hydrogen-bond acceptors (Lipinski definition) is 4. The average Bonchev–Trinajstić information content (AvgIpc) is 2.00. The summed E-state index contributed by atoms with van der Waals surface area (Å²) in [6, 6.07) is -1.000. The molecule has 0 bridgehead atoms. The molecule has 0 heterocycles. The van der Waals surface area contributed by atoms with Crippen molar-refractivity contribution in [3.05, 3.63) is 0 Å². The van der Waals surface area contributed by atoms with Crippen molar-refractivity contribution >= 4 is 11.9 Å². The Kier molecular flexibility index (Phi) is 3.84. The molecule has 88 valence electrons. The Morgan fingerprint density at radius 2 is 1.87 bits per heavy atom. The van der Waals surface area contributed by atoms with E-state index in [1.165, 1.54) is 21.1 Å². The van der Waals surface area contributed by atoms with Gasteiger partial charge in [-0.3, -0.25) is 0 Å². The van der Waals surface area contributed by atoms with E-state index in [1.807, 2.05) is 0 Å². The predicted molar refractivity (Wildman–Crippen MR) is 51.7 cm³/mol. The molecule has 0 aliphatic carbocycles. The van der Waals surface area contributed by atoms with Gasteiger partial charge in [0.15, 0.2) is 0 Å². The van der Waals surface area contributed by atoms with E-state index in [1.54, 1.807) is 6.92 Å². The van der Waals surface area contributed by atoms with Crippen LogP contribution in [0.2, 0.25) is 0 Å². The Hall–Kier alpha value is -1.14. The predicted octanol–water partition coefficient (Wildman–Crippen LogP) is -2.00. The lowest BCUT2D eigenvalue weighted by atomic mass is 9.85. The Labute approximate surface area is 88.9 Å². The number of carboxylic acids is 2. The van der Waals surface area contributed by atoms with Gasteiger partial charge < -0.3 is 25.2 Å². The largest absolute Gasteiger partial charge is 0.543 e. The summed E-state index contributed by atoms with van der Waals surface area (Å²) in [5, 5.41) is 20.2. The van der Waals surface area contributed by atoms with Crippen molar-refractivity contribution < 1.29 is 24.3 Å². The molecular formula is C9H18N2O4. The summed E-state index contributed by atoms with van der Waals surface area (Å²) < 4.78 is -0.320. The van der Waals surface area contributed by atoms with Gasteiger partial charge in [0.25, 0.3) is 5.54 Å². The molecule has 3 N–H and O–H groups in total. The van der Waals surface area contributed by atoms with Gasteiger partial charge in [0.2, 0.25) is 0 Å². The van der Waals surface area contributed by atoms with E-state index in [0.717, 1.165) is 0 Å². The van der Waals surface area contributed by atoms with Gasteiger partial charge in [-0.2, -0.15) is 0 Å². The molecule has 0 aliphatic heterocycles. The number of carbonyl (C=O) groups excluding carboxylic acids is 1. The van der Waals surface area contributed by atoms with Crippen LogP contribution in [-0.4, -0.2) is 54.3 Å². The minimum Gasteiger partial charge on any atom is -0.543 e. The van der Waals surface area contributed by atoms with Crippen LogP contribution < -0.4 is 10.8 Å². The number of nitrogens with zero attached hydrogens (tertiary/aromatic N) is 1. The number of nitrogens with two attached hydrogens (primary N) is 1. The quantitative estimate of drug-likeness (QED) is 0.410. The molecule has 2 atom stereocenters. The van der Waals surface area contributed by atoms with Gasteiger partial charge in [-0.15, -0.1) is 0 Å². The van der Waals surface area contributed by atoms with Crippen molar-refractivity contribution in [2.24, 2.45) is 5.73 Å². The highest BCUT2D eigenvalue weighted by Crippen LogP contribution is 2.24. The van der Waals surface area contributed by atoms with E-state index in [-0.39, 0.29) is 10.9 Å². The highest BCUT2D eigenvalue weighted by atomic mass is 16.4. The lowest BCUT2D eigenvalue weighted by molar-refractivity contribution is -0.907. The first-order valence-electron chi connectivity index (χ1n) is 4.64. The number of carboxylic acid groups (broad SMARTS) is 2. The fourth-order valence-electron chi connectivity index (χ4n) is 1.75. The van der Waals surface area contributed by atoms with Crippen LogP contribution in [0, 0.1) is 0 Å². The number of hydrogen-bond donors (Lipinski definition) is 2. The van der Waals surface area contributed by atoms with Crippen molar-refractivity contribution in [1.82, 2.24) is 0 Å². The summed E-state index contributed by atoms with van der Waals surface area (Å²) in [5.41, 5.74) is 3.51. The van der Waals surface area contributed by atoms with Gasteiger partial charge in [-0.05, 0) is 6.42 Å². The SMILES string of the molecule is CCC(N)C(C(=O)[O-])(C(=O)O)[N+](C)(C)C. The summed E-state index contributed by atoms with van der Waals surface area (Å²) >= 11 is 0. The number of quaternary nitrogens is 1. The van der Waals surface area contributed by atoms with E-state index in [4.69, 9.17) is 10.8 Å². The Bertz CT molecular complexity index is 256. The van der Waals surface area contributed by atoms with Crippen LogP contribution in [0.25, 0.3) is 0 Å². The van der Waals surface area contributed by atoms with Gasteiger partial charge in [0.1, 0.15) is 5.97 Å². The van der Waals surface area contributed by atoms with E-state index in [9.17, 15) is 14.7 Å². The standard InChI is InChI=1S/C9H18N2O4/c1-5-6(10)9(7(12)13,8(14)15)11(2,3)4/h6H,5,10H2,1-4H3,(H-,12,13,14,15). The highest BCUT2D eigenvalue weighted by molar-refractivity contribution is 6.01.